The zero-order chi connectivity index (χ0) is 13.2. The topological polar surface area (TPSA) is 29.9 Å². The maximum atomic E-state index is 13.8. The summed E-state index contributed by atoms with van der Waals surface area (Å²) in [4.78, 5) is 4.27. The number of hydrogen-bond donors (Lipinski definition) is 1. The summed E-state index contributed by atoms with van der Waals surface area (Å²) in [5, 5.41) is 3.43. The molecule has 0 amide bonds. The van der Waals surface area contributed by atoms with Crippen LogP contribution in [0.15, 0.2) is 30.6 Å². The van der Waals surface area contributed by atoms with Gasteiger partial charge in [-0.1, -0.05) is 24.4 Å². The average molecular weight is 280 g/mol. The Labute approximate surface area is 116 Å². The fourth-order valence-corrected chi connectivity index (χ4v) is 2.76. The van der Waals surface area contributed by atoms with Gasteiger partial charge in [-0.25, -0.2) is 9.37 Å². The second kappa shape index (κ2) is 5.21. The van der Waals surface area contributed by atoms with E-state index >= 15 is 0 Å². The van der Waals surface area contributed by atoms with Crippen LogP contribution < -0.4 is 5.32 Å². The summed E-state index contributed by atoms with van der Waals surface area (Å²) in [5.41, 5.74) is 0.398. The fraction of sp³-hybridized carbons (Fsp3) is 0.357. The zero-order valence-electron chi connectivity index (χ0n) is 10.4. The Balaban J connectivity index is 1.85. The van der Waals surface area contributed by atoms with Crippen molar-refractivity contribution in [1.82, 2.24) is 9.55 Å². The van der Waals surface area contributed by atoms with Crippen LogP contribution in [-0.2, 0) is 0 Å². The van der Waals surface area contributed by atoms with Crippen LogP contribution in [0.3, 0.4) is 0 Å². The molecule has 1 aliphatic rings. The molecule has 3 rings (SSSR count). The van der Waals surface area contributed by atoms with Crippen molar-refractivity contribution >= 4 is 23.2 Å². The third kappa shape index (κ3) is 2.59. The van der Waals surface area contributed by atoms with E-state index in [1.165, 1.54) is 18.9 Å². The molecule has 100 valence electrons. The lowest BCUT2D eigenvalue weighted by Crippen LogP contribution is -2.08. The van der Waals surface area contributed by atoms with Gasteiger partial charge in [-0.2, -0.15) is 0 Å². The molecule has 19 heavy (non-hydrogen) atoms. The first-order valence-electron chi connectivity index (χ1n) is 6.49. The number of nitrogens with one attached hydrogen (secondary N) is 1. The van der Waals surface area contributed by atoms with Crippen molar-refractivity contribution in [2.75, 3.05) is 5.32 Å². The van der Waals surface area contributed by atoms with Crippen LogP contribution >= 0.6 is 11.6 Å². The third-order valence-electron chi connectivity index (χ3n) is 3.56. The lowest BCUT2D eigenvalue weighted by molar-refractivity contribution is 0.524. The van der Waals surface area contributed by atoms with Gasteiger partial charge in [0, 0.05) is 23.5 Å². The van der Waals surface area contributed by atoms with Gasteiger partial charge >= 0.3 is 0 Å². The Kier molecular flexibility index (Phi) is 3.42. The SMILES string of the molecule is Fc1cc(Cl)ccc1Nc1nccn1C1CCCC1. The molecule has 1 aliphatic carbocycles. The minimum Gasteiger partial charge on any atom is -0.323 e. The Morgan fingerprint density at radius 1 is 1.32 bits per heavy atom. The van der Waals surface area contributed by atoms with Crippen LogP contribution in [0.25, 0.3) is 0 Å². The van der Waals surface area contributed by atoms with E-state index in [0.717, 1.165) is 12.8 Å². The van der Waals surface area contributed by atoms with Crippen molar-refractivity contribution in [3.05, 3.63) is 41.4 Å². The number of imidazole rings is 1. The van der Waals surface area contributed by atoms with Crippen molar-refractivity contribution in [2.45, 2.75) is 31.7 Å². The largest absolute Gasteiger partial charge is 0.323 e. The summed E-state index contributed by atoms with van der Waals surface area (Å²) in [6.45, 7) is 0. The van der Waals surface area contributed by atoms with Gasteiger partial charge in [0.1, 0.15) is 5.82 Å². The highest BCUT2D eigenvalue weighted by atomic mass is 35.5. The molecule has 1 fully saturated rings. The predicted molar refractivity (Wildman–Crippen MR) is 74.4 cm³/mol. The van der Waals surface area contributed by atoms with Crippen LogP contribution in [0, 0.1) is 5.82 Å². The Morgan fingerprint density at radius 3 is 2.84 bits per heavy atom. The predicted octanol–water partition coefficient (Wildman–Crippen LogP) is 4.53. The first-order valence-corrected chi connectivity index (χ1v) is 6.87. The van der Waals surface area contributed by atoms with Crippen LogP contribution in [0.5, 0.6) is 0 Å². The normalized spacial score (nSPS) is 15.9. The number of benzene rings is 1. The van der Waals surface area contributed by atoms with Crippen LogP contribution in [0.2, 0.25) is 5.02 Å². The van der Waals surface area contributed by atoms with E-state index in [1.54, 1.807) is 18.3 Å². The molecule has 0 aliphatic heterocycles. The van der Waals surface area contributed by atoms with E-state index in [-0.39, 0.29) is 5.82 Å². The molecule has 3 nitrogen and oxygen atoms in total. The molecule has 0 bridgehead atoms. The van der Waals surface area contributed by atoms with Crippen LogP contribution in [-0.4, -0.2) is 9.55 Å². The van der Waals surface area contributed by atoms with Gasteiger partial charge in [-0.15, -0.1) is 0 Å². The molecular weight excluding hydrogens is 265 g/mol. The van der Waals surface area contributed by atoms with Gasteiger partial charge in [0.25, 0.3) is 0 Å². The summed E-state index contributed by atoms with van der Waals surface area (Å²) >= 11 is 5.75. The first kappa shape index (κ1) is 12.5. The zero-order valence-corrected chi connectivity index (χ0v) is 11.2. The van der Waals surface area contributed by atoms with E-state index in [0.29, 0.717) is 22.7 Å². The monoisotopic (exact) mass is 279 g/mol. The second-order valence-corrected chi connectivity index (χ2v) is 5.28. The Bertz CT molecular complexity index is 576. The molecule has 0 spiro atoms. The number of hydrogen-bond acceptors (Lipinski definition) is 2. The molecule has 0 radical (unpaired) electrons. The Morgan fingerprint density at radius 2 is 2.11 bits per heavy atom. The van der Waals surface area contributed by atoms with Crippen molar-refractivity contribution in [3.63, 3.8) is 0 Å². The number of aromatic nitrogens is 2. The lowest BCUT2D eigenvalue weighted by Gasteiger charge is -2.16. The van der Waals surface area contributed by atoms with Gasteiger partial charge in [0.05, 0.1) is 5.69 Å². The van der Waals surface area contributed by atoms with E-state index in [1.807, 2.05) is 6.20 Å². The molecule has 0 atom stereocenters. The third-order valence-corrected chi connectivity index (χ3v) is 3.80. The smallest absolute Gasteiger partial charge is 0.207 e. The highest BCUT2D eigenvalue weighted by molar-refractivity contribution is 6.30. The standard InChI is InChI=1S/C14H15ClFN3/c15-10-5-6-13(12(16)9-10)18-14-17-7-8-19(14)11-3-1-2-4-11/h5-9,11H,1-4H2,(H,17,18). The summed E-state index contributed by atoms with van der Waals surface area (Å²) in [5.74, 6) is 0.321. The molecule has 1 aromatic carbocycles. The quantitative estimate of drug-likeness (QED) is 0.894. The van der Waals surface area contributed by atoms with Gasteiger partial charge in [0.15, 0.2) is 0 Å². The molecular formula is C14H15ClFN3. The number of anilines is 2. The van der Waals surface area contributed by atoms with Gasteiger partial charge in [-0.05, 0) is 31.0 Å². The van der Waals surface area contributed by atoms with E-state index in [2.05, 4.69) is 14.9 Å². The van der Waals surface area contributed by atoms with E-state index in [4.69, 9.17) is 11.6 Å². The van der Waals surface area contributed by atoms with Gasteiger partial charge in [-0.3, -0.25) is 0 Å². The summed E-state index contributed by atoms with van der Waals surface area (Å²) in [6.07, 6.45) is 8.51. The fourth-order valence-electron chi connectivity index (χ4n) is 2.60. The summed E-state index contributed by atoms with van der Waals surface area (Å²) in [7, 11) is 0. The summed E-state index contributed by atoms with van der Waals surface area (Å²) in [6, 6.07) is 5.06. The maximum absolute atomic E-state index is 13.8. The molecule has 1 N–H and O–H groups in total. The Hall–Kier alpha value is -1.55. The van der Waals surface area contributed by atoms with E-state index < -0.39 is 0 Å². The van der Waals surface area contributed by atoms with Crippen molar-refractivity contribution < 1.29 is 4.39 Å². The number of nitrogens with zero attached hydrogens (tertiary/aromatic N) is 2. The number of rotatable bonds is 3. The molecule has 1 saturated carbocycles. The molecule has 0 saturated heterocycles. The highest BCUT2D eigenvalue weighted by Gasteiger charge is 2.19. The molecule has 5 heteroatoms. The molecule has 2 aromatic rings. The van der Waals surface area contributed by atoms with Crippen molar-refractivity contribution in [3.8, 4) is 0 Å². The average Bonchev–Trinajstić information content (AvgIpc) is 3.03. The minimum atomic E-state index is -0.367. The van der Waals surface area contributed by atoms with Gasteiger partial charge < -0.3 is 9.88 Å². The minimum absolute atomic E-state index is 0.367. The molecule has 0 unspecified atom stereocenters. The van der Waals surface area contributed by atoms with Crippen molar-refractivity contribution in [1.29, 1.82) is 0 Å². The summed E-state index contributed by atoms with van der Waals surface area (Å²) < 4.78 is 15.9. The molecule has 1 heterocycles. The van der Waals surface area contributed by atoms with E-state index in [9.17, 15) is 4.39 Å². The van der Waals surface area contributed by atoms with Crippen molar-refractivity contribution in [2.24, 2.45) is 0 Å². The van der Waals surface area contributed by atoms with Crippen LogP contribution in [0.1, 0.15) is 31.7 Å². The van der Waals surface area contributed by atoms with Crippen LogP contribution in [0.4, 0.5) is 16.0 Å². The molecule has 1 aromatic heterocycles. The second-order valence-electron chi connectivity index (χ2n) is 4.85. The highest BCUT2D eigenvalue weighted by Crippen LogP contribution is 2.32. The number of halogens is 2. The lowest BCUT2D eigenvalue weighted by atomic mass is 10.2. The van der Waals surface area contributed by atoms with Gasteiger partial charge in [0.2, 0.25) is 5.95 Å². The maximum Gasteiger partial charge on any atom is 0.207 e. The first-order chi connectivity index (χ1) is 9.24.